The Labute approximate surface area is 88.9 Å². The summed E-state index contributed by atoms with van der Waals surface area (Å²) in [7, 11) is 0. The van der Waals surface area contributed by atoms with Crippen molar-refractivity contribution in [1.82, 2.24) is 5.32 Å². The van der Waals surface area contributed by atoms with Crippen molar-refractivity contribution in [2.24, 2.45) is 0 Å². The summed E-state index contributed by atoms with van der Waals surface area (Å²) >= 11 is 0. The number of aliphatic hydroxyl groups excluding tert-OH is 3. The van der Waals surface area contributed by atoms with E-state index in [-0.39, 0.29) is 12.6 Å². The number of hydrogen-bond donors (Lipinski definition) is 4. The van der Waals surface area contributed by atoms with E-state index in [0.29, 0.717) is 0 Å². The van der Waals surface area contributed by atoms with Crippen LogP contribution in [0, 0.1) is 0 Å². The van der Waals surface area contributed by atoms with E-state index in [1.165, 1.54) is 0 Å². The predicted molar refractivity (Wildman–Crippen MR) is 53.2 cm³/mol. The number of carbonyl (C=O) groups excluding carboxylic acids is 1. The molecule has 0 aromatic rings. The van der Waals surface area contributed by atoms with Gasteiger partial charge in [0.05, 0.1) is 38.0 Å². The van der Waals surface area contributed by atoms with Crippen LogP contribution in [0.1, 0.15) is 13.8 Å². The third kappa shape index (κ3) is 5.08. The maximum Gasteiger partial charge on any atom is 0.320 e. The fourth-order valence-corrected chi connectivity index (χ4v) is 0.882. The molecule has 0 heterocycles. The zero-order chi connectivity index (χ0) is 11.9. The van der Waals surface area contributed by atoms with Crippen molar-refractivity contribution in [2.45, 2.75) is 25.5 Å². The number of ether oxygens (including phenoxy) is 1. The molecule has 0 saturated heterocycles. The van der Waals surface area contributed by atoms with Crippen LogP contribution in [0.15, 0.2) is 0 Å². The molecule has 0 aromatic heterocycles. The summed E-state index contributed by atoms with van der Waals surface area (Å²) in [6, 6.07) is 0. The molecule has 0 atom stereocenters. The van der Waals surface area contributed by atoms with Gasteiger partial charge in [-0.1, -0.05) is 0 Å². The van der Waals surface area contributed by atoms with E-state index in [9.17, 15) is 4.79 Å². The predicted octanol–water partition coefficient (Wildman–Crippen LogP) is -1.76. The summed E-state index contributed by atoms with van der Waals surface area (Å²) in [5.41, 5.74) is -1.24. The highest BCUT2D eigenvalue weighted by atomic mass is 16.5. The second-order valence-corrected chi connectivity index (χ2v) is 3.65. The summed E-state index contributed by atoms with van der Waals surface area (Å²) in [4.78, 5) is 11.1. The maximum atomic E-state index is 11.1. The van der Waals surface area contributed by atoms with Gasteiger partial charge >= 0.3 is 5.97 Å². The van der Waals surface area contributed by atoms with E-state index in [2.05, 4.69) is 5.32 Å². The molecule has 0 aromatic carbocycles. The molecule has 15 heavy (non-hydrogen) atoms. The first kappa shape index (κ1) is 14.3. The lowest BCUT2D eigenvalue weighted by Gasteiger charge is -2.28. The minimum Gasteiger partial charge on any atom is -0.462 e. The van der Waals surface area contributed by atoms with Gasteiger partial charge < -0.3 is 20.1 Å². The summed E-state index contributed by atoms with van der Waals surface area (Å²) in [6.07, 6.45) is -0.217. The first-order chi connectivity index (χ1) is 6.99. The fourth-order valence-electron chi connectivity index (χ4n) is 0.882. The van der Waals surface area contributed by atoms with Crippen molar-refractivity contribution in [3.8, 4) is 0 Å². The van der Waals surface area contributed by atoms with Crippen LogP contribution in [0.5, 0.6) is 0 Å². The van der Waals surface area contributed by atoms with Crippen molar-refractivity contribution in [2.75, 3.05) is 26.4 Å². The average molecular weight is 221 g/mol. The number of esters is 1. The Bertz CT molecular complexity index is 183. The molecule has 0 spiro atoms. The molecular weight excluding hydrogens is 202 g/mol. The van der Waals surface area contributed by atoms with E-state index in [4.69, 9.17) is 20.1 Å². The Morgan fingerprint density at radius 1 is 1.27 bits per heavy atom. The SMILES string of the molecule is CC(C)OC(=O)CNC(CO)(CO)CO. The molecule has 0 aliphatic rings. The molecule has 0 amide bonds. The van der Waals surface area contributed by atoms with Crippen LogP contribution in [0.4, 0.5) is 0 Å². The van der Waals surface area contributed by atoms with Gasteiger partial charge in [-0.15, -0.1) is 0 Å². The van der Waals surface area contributed by atoms with Crippen molar-refractivity contribution >= 4 is 5.97 Å². The molecule has 0 rings (SSSR count). The van der Waals surface area contributed by atoms with Crippen LogP contribution in [-0.2, 0) is 9.53 Å². The number of hydrogen-bond acceptors (Lipinski definition) is 6. The molecule has 0 aliphatic carbocycles. The standard InChI is InChI=1S/C9H19NO5/c1-7(2)15-8(14)3-10-9(4-11,5-12)6-13/h7,10-13H,3-6H2,1-2H3. The highest BCUT2D eigenvalue weighted by molar-refractivity contribution is 5.71. The number of carbonyl (C=O) groups is 1. The van der Waals surface area contributed by atoms with Gasteiger partial charge in [-0.25, -0.2) is 0 Å². The van der Waals surface area contributed by atoms with Crippen LogP contribution in [0.2, 0.25) is 0 Å². The summed E-state index contributed by atoms with van der Waals surface area (Å²) in [6.45, 7) is 1.88. The molecule has 6 heteroatoms. The van der Waals surface area contributed by atoms with Crippen molar-refractivity contribution in [3.63, 3.8) is 0 Å². The molecule has 6 nitrogen and oxygen atoms in total. The summed E-state index contributed by atoms with van der Waals surface area (Å²) in [5.74, 6) is -0.496. The van der Waals surface area contributed by atoms with Gasteiger partial charge in [0.2, 0.25) is 0 Å². The first-order valence-electron chi connectivity index (χ1n) is 4.77. The highest BCUT2D eigenvalue weighted by Gasteiger charge is 2.28. The number of aliphatic hydroxyl groups is 3. The largest absolute Gasteiger partial charge is 0.462 e. The molecular formula is C9H19NO5. The fraction of sp³-hybridized carbons (Fsp3) is 0.889. The Morgan fingerprint density at radius 3 is 2.07 bits per heavy atom. The smallest absolute Gasteiger partial charge is 0.320 e. The maximum absolute atomic E-state index is 11.1. The number of rotatable bonds is 7. The zero-order valence-corrected chi connectivity index (χ0v) is 9.06. The Hall–Kier alpha value is -0.690. The van der Waals surface area contributed by atoms with Crippen molar-refractivity contribution < 1.29 is 24.9 Å². The van der Waals surface area contributed by atoms with E-state index < -0.39 is 31.3 Å². The summed E-state index contributed by atoms with van der Waals surface area (Å²) in [5, 5.41) is 29.4. The van der Waals surface area contributed by atoms with E-state index in [1.54, 1.807) is 13.8 Å². The van der Waals surface area contributed by atoms with E-state index in [1.807, 2.05) is 0 Å². The average Bonchev–Trinajstić information content (AvgIpc) is 2.20. The second kappa shape index (κ2) is 6.73. The normalized spacial score (nSPS) is 11.9. The van der Waals surface area contributed by atoms with Crippen LogP contribution in [0.3, 0.4) is 0 Å². The monoisotopic (exact) mass is 221 g/mol. The molecule has 0 saturated carbocycles. The van der Waals surface area contributed by atoms with Gasteiger partial charge in [-0.05, 0) is 13.8 Å². The minimum atomic E-state index is -1.24. The molecule has 4 N–H and O–H groups in total. The molecule has 0 unspecified atom stereocenters. The number of nitrogens with one attached hydrogen (secondary N) is 1. The van der Waals surface area contributed by atoms with Crippen molar-refractivity contribution in [1.29, 1.82) is 0 Å². The molecule has 90 valence electrons. The first-order valence-corrected chi connectivity index (χ1v) is 4.77. The Balaban J connectivity index is 4.05. The van der Waals surface area contributed by atoms with E-state index in [0.717, 1.165) is 0 Å². The van der Waals surface area contributed by atoms with Crippen LogP contribution in [0.25, 0.3) is 0 Å². The molecule has 0 radical (unpaired) electrons. The second-order valence-electron chi connectivity index (χ2n) is 3.65. The van der Waals surface area contributed by atoms with Gasteiger partial charge in [0.25, 0.3) is 0 Å². The molecule has 0 aliphatic heterocycles. The lowest BCUT2D eigenvalue weighted by atomic mass is 10.0. The van der Waals surface area contributed by atoms with Gasteiger partial charge in [0, 0.05) is 0 Å². The third-order valence-corrected chi connectivity index (χ3v) is 1.88. The topological polar surface area (TPSA) is 99.0 Å². The summed E-state index contributed by atoms with van der Waals surface area (Å²) < 4.78 is 4.83. The quantitative estimate of drug-likeness (QED) is 0.380. The minimum absolute atomic E-state index is 0.167. The van der Waals surface area contributed by atoms with E-state index >= 15 is 0 Å². The van der Waals surface area contributed by atoms with Crippen molar-refractivity contribution in [3.05, 3.63) is 0 Å². The van der Waals surface area contributed by atoms with Crippen LogP contribution in [-0.4, -0.2) is 59.3 Å². The lowest BCUT2D eigenvalue weighted by Crippen LogP contribution is -2.56. The third-order valence-electron chi connectivity index (χ3n) is 1.88. The van der Waals surface area contributed by atoms with Gasteiger partial charge in [0.1, 0.15) is 0 Å². The lowest BCUT2D eigenvalue weighted by molar-refractivity contribution is -0.147. The van der Waals surface area contributed by atoms with Gasteiger partial charge in [0.15, 0.2) is 0 Å². The highest BCUT2D eigenvalue weighted by Crippen LogP contribution is 2.01. The Kier molecular flexibility index (Phi) is 6.42. The van der Waals surface area contributed by atoms with Crippen LogP contribution >= 0.6 is 0 Å². The Morgan fingerprint density at radius 2 is 1.73 bits per heavy atom. The van der Waals surface area contributed by atoms with Crippen LogP contribution < -0.4 is 5.32 Å². The molecule has 0 bridgehead atoms. The van der Waals surface area contributed by atoms with Gasteiger partial charge in [-0.2, -0.15) is 0 Å². The van der Waals surface area contributed by atoms with Gasteiger partial charge in [-0.3, -0.25) is 10.1 Å². The zero-order valence-electron chi connectivity index (χ0n) is 9.06. The molecule has 0 fully saturated rings.